The summed E-state index contributed by atoms with van der Waals surface area (Å²) >= 11 is 0. The molecule has 78 valence electrons. The van der Waals surface area contributed by atoms with Crippen LogP contribution < -0.4 is 0 Å². The van der Waals surface area contributed by atoms with Gasteiger partial charge in [-0.05, 0) is 12.8 Å². The maximum Gasteiger partial charge on any atom is 0.268 e. The summed E-state index contributed by atoms with van der Waals surface area (Å²) in [6.07, 6.45) is 8.92. The highest BCUT2D eigenvalue weighted by Gasteiger charge is 1.97. The van der Waals surface area contributed by atoms with Crippen molar-refractivity contribution in [1.29, 1.82) is 0 Å². The third kappa shape index (κ3) is 11.7. The number of hydrogen-bond acceptors (Lipinski definition) is 2. The predicted octanol–water partition coefficient (Wildman–Crippen LogP) is 2.40. The van der Waals surface area contributed by atoms with Gasteiger partial charge in [-0.1, -0.05) is 38.3 Å². The van der Waals surface area contributed by atoms with E-state index in [1.165, 1.54) is 25.3 Å². The molecule has 0 aromatic rings. The van der Waals surface area contributed by atoms with Crippen molar-refractivity contribution >= 4 is 10.1 Å². The molecule has 1 N–H and O–H groups in total. The van der Waals surface area contributed by atoms with Crippen LogP contribution in [0.15, 0.2) is 12.2 Å². The van der Waals surface area contributed by atoms with Crippen LogP contribution in [0.5, 0.6) is 0 Å². The quantitative estimate of drug-likeness (QED) is 0.395. The van der Waals surface area contributed by atoms with Gasteiger partial charge in [-0.2, -0.15) is 8.42 Å². The largest absolute Gasteiger partial charge is 0.285 e. The van der Waals surface area contributed by atoms with Crippen LogP contribution in [0.2, 0.25) is 0 Å². The molecule has 0 aliphatic carbocycles. The minimum absolute atomic E-state index is 0.263. The Balaban J connectivity index is 3.33. The van der Waals surface area contributed by atoms with Crippen LogP contribution in [0.3, 0.4) is 0 Å². The zero-order chi connectivity index (χ0) is 10.2. The Hall–Kier alpha value is -0.350. The van der Waals surface area contributed by atoms with E-state index in [0.29, 0.717) is 0 Å². The van der Waals surface area contributed by atoms with Gasteiger partial charge in [-0.15, -0.1) is 0 Å². The SMILES string of the molecule is CCCCCCC=CCS(=O)(=O)O. The first kappa shape index (κ1) is 12.7. The third-order valence-electron chi connectivity index (χ3n) is 1.70. The number of hydrogen-bond donors (Lipinski definition) is 1. The molecule has 4 heteroatoms. The summed E-state index contributed by atoms with van der Waals surface area (Å²) in [5, 5.41) is 0. The van der Waals surface area contributed by atoms with Crippen LogP contribution in [0.1, 0.15) is 39.0 Å². The van der Waals surface area contributed by atoms with Crippen LogP contribution in [0, 0.1) is 0 Å². The molecule has 0 unspecified atom stereocenters. The number of unbranched alkanes of at least 4 members (excludes halogenated alkanes) is 4. The van der Waals surface area contributed by atoms with Gasteiger partial charge in [0.2, 0.25) is 0 Å². The molecule has 0 spiro atoms. The fourth-order valence-corrected chi connectivity index (χ4v) is 1.38. The molecule has 0 aliphatic heterocycles. The normalized spacial score (nSPS) is 12.5. The molecule has 0 rings (SSSR count). The Morgan fingerprint density at radius 2 is 1.85 bits per heavy atom. The lowest BCUT2D eigenvalue weighted by Gasteiger charge is -1.93. The zero-order valence-electron chi connectivity index (χ0n) is 8.07. The summed E-state index contributed by atoms with van der Waals surface area (Å²) in [6, 6.07) is 0. The standard InChI is InChI=1S/C9H18O3S/c1-2-3-4-5-6-7-8-9-13(10,11)12/h7-8H,2-6,9H2,1H3,(H,10,11,12). The van der Waals surface area contributed by atoms with E-state index in [1.54, 1.807) is 0 Å². The molecule has 3 nitrogen and oxygen atoms in total. The van der Waals surface area contributed by atoms with Crippen LogP contribution in [-0.2, 0) is 10.1 Å². The van der Waals surface area contributed by atoms with Crippen molar-refractivity contribution in [2.24, 2.45) is 0 Å². The van der Waals surface area contributed by atoms with Crippen molar-refractivity contribution in [1.82, 2.24) is 0 Å². The second-order valence-electron chi connectivity index (χ2n) is 3.07. The van der Waals surface area contributed by atoms with Gasteiger partial charge in [0.05, 0.1) is 5.75 Å². The Bertz CT molecular complexity index is 229. The van der Waals surface area contributed by atoms with Gasteiger partial charge in [0.25, 0.3) is 10.1 Å². The fourth-order valence-electron chi connectivity index (χ4n) is 0.996. The van der Waals surface area contributed by atoms with Crippen molar-refractivity contribution in [3.63, 3.8) is 0 Å². The van der Waals surface area contributed by atoms with E-state index in [2.05, 4.69) is 6.92 Å². The highest BCUT2D eigenvalue weighted by Crippen LogP contribution is 2.02. The van der Waals surface area contributed by atoms with Crippen LogP contribution in [0.25, 0.3) is 0 Å². The monoisotopic (exact) mass is 206 g/mol. The summed E-state index contributed by atoms with van der Waals surface area (Å²) in [5.41, 5.74) is 0. The molecule has 0 fully saturated rings. The Labute approximate surface area is 80.6 Å². The first-order valence-corrected chi connectivity index (χ1v) is 6.27. The van der Waals surface area contributed by atoms with Crippen molar-refractivity contribution in [2.45, 2.75) is 39.0 Å². The van der Waals surface area contributed by atoms with E-state index in [1.807, 2.05) is 6.08 Å². The summed E-state index contributed by atoms with van der Waals surface area (Å²) < 4.78 is 28.9. The first-order valence-electron chi connectivity index (χ1n) is 4.66. The second kappa shape index (κ2) is 7.09. The van der Waals surface area contributed by atoms with Gasteiger partial charge in [-0.25, -0.2) is 0 Å². The van der Waals surface area contributed by atoms with E-state index in [-0.39, 0.29) is 5.75 Å². The highest BCUT2D eigenvalue weighted by atomic mass is 32.2. The molecule has 0 amide bonds. The van der Waals surface area contributed by atoms with Gasteiger partial charge in [-0.3, -0.25) is 4.55 Å². The smallest absolute Gasteiger partial charge is 0.268 e. The molecular weight excluding hydrogens is 188 g/mol. The van der Waals surface area contributed by atoms with Crippen molar-refractivity contribution < 1.29 is 13.0 Å². The lowest BCUT2D eigenvalue weighted by atomic mass is 10.1. The Morgan fingerprint density at radius 3 is 2.38 bits per heavy atom. The molecule has 0 radical (unpaired) electrons. The van der Waals surface area contributed by atoms with Gasteiger partial charge in [0.15, 0.2) is 0 Å². The average molecular weight is 206 g/mol. The summed E-state index contributed by atoms with van der Waals surface area (Å²) in [4.78, 5) is 0. The second-order valence-corrected chi connectivity index (χ2v) is 4.57. The van der Waals surface area contributed by atoms with Crippen molar-refractivity contribution in [3.8, 4) is 0 Å². The maximum atomic E-state index is 10.3. The summed E-state index contributed by atoms with van der Waals surface area (Å²) in [7, 11) is -3.81. The van der Waals surface area contributed by atoms with E-state index in [0.717, 1.165) is 12.8 Å². The molecular formula is C9H18O3S. The zero-order valence-corrected chi connectivity index (χ0v) is 8.89. The van der Waals surface area contributed by atoms with Crippen LogP contribution in [0.4, 0.5) is 0 Å². The molecule has 0 saturated carbocycles. The average Bonchev–Trinajstić information content (AvgIpc) is 2.01. The molecule has 0 aromatic heterocycles. The molecule has 0 aliphatic rings. The summed E-state index contributed by atoms with van der Waals surface area (Å²) in [6.45, 7) is 2.15. The number of allylic oxidation sites excluding steroid dienone is 1. The van der Waals surface area contributed by atoms with Gasteiger partial charge < -0.3 is 0 Å². The first-order chi connectivity index (χ1) is 6.06. The minimum atomic E-state index is -3.81. The lowest BCUT2D eigenvalue weighted by Crippen LogP contribution is -1.99. The summed E-state index contributed by atoms with van der Waals surface area (Å²) in [5.74, 6) is -0.263. The van der Waals surface area contributed by atoms with Crippen LogP contribution in [-0.4, -0.2) is 18.7 Å². The number of rotatable bonds is 7. The van der Waals surface area contributed by atoms with E-state index >= 15 is 0 Å². The molecule has 0 saturated heterocycles. The van der Waals surface area contributed by atoms with Crippen LogP contribution >= 0.6 is 0 Å². The fraction of sp³-hybridized carbons (Fsp3) is 0.778. The van der Waals surface area contributed by atoms with E-state index in [4.69, 9.17) is 4.55 Å². The Kier molecular flexibility index (Phi) is 6.90. The highest BCUT2D eigenvalue weighted by molar-refractivity contribution is 7.85. The van der Waals surface area contributed by atoms with E-state index in [9.17, 15) is 8.42 Å². The molecule has 0 atom stereocenters. The van der Waals surface area contributed by atoms with Gasteiger partial charge in [0, 0.05) is 0 Å². The minimum Gasteiger partial charge on any atom is -0.285 e. The predicted molar refractivity (Wildman–Crippen MR) is 54.3 cm³/mol. The molecule has 13 heavy (non-hydrogen) atoms. The van der Waals surface area contributed by atoms with Gasteiger partial charge >= 0.3 is 0 Å². The van der Waals surface area contributed by atoms with Crippen molar-refractivity contribution in [3.05, 3.63) is 12.2 Å². The lowest BCUT2D eigenvalue weighted by molar-refractivity contribution is 0.486. The van der Waals surface area contributed by atoms with Crippen molar-refractivity contribution in [2.75, 3.05) is 5.75 Å². The maximum absolute atomic E-state index is 10.3. The third-order valence-corrected chi connectivity index (χ3v) is 2.31. The van der Waals surface area contributed by atoms with Gasteiger partial charge in [0.1, 0.15) is 0 Å². The van der Waals surface area contributed by atoms with E-state index < -0.39 is 10.1 Å². The molecule has 0 aromatic carbocycles. The molecule has 0 heterocycles. The topological polar surface area (TPSA) is 54.4 Å². The molecule has 0 bridgehead atoms. The Morgan fingerprint density at radius 1 is 1.15 bits per heavy atom.